The third-order valence-electron chi connectivity index (χ3n) is 5.66. The lowest BCUT2D eigenvalue weighted by Crippen LogP contribution is -2.45. The van der Waals surface area contributed by atoms with Gasteiger partial charge in [0.05, 0.1) is 18.1 Å². The van der Waals surface area contributed by atoms with E-state index in [1.54, 1.807) is 6.92 Å². The molecule has 1 aromatic carbocycles. The molecule has 1 unspecified atom stereocenters. The number of alkyl halides is 3. The molecule has 5 atom stereocenters. The number of hydrogen-bond donors (Lipinski definition) is 2. The van der Waals surface area contributed by atoms with Crippen molar-refractivity contribution in [2.24, 2.45) is 23.5 Å². The number of amides is 1. The topological polar surface area (TPSA) is 81.4 Å². The standard InChI is InChI=1S/C19H23F3N2O3/c1-2-27-18(26)13-8-11-7-10(13)9-15(11)24-17(25)16(23)12-5-3-4-6-14(12)19(20,21)22/h3-6,10-11,13,15-16H,2,7-9,23H2,1H3,(H,24,25)/t10-,11-,13-,15-,16?/m1/s1. The summed E-state index contributed by atoms with van der Waals surface area (Å²) in [5.41, 5.74) is 4.70. The number of halogens is 3. The average Bonchev–Trinajstić information content (AvgIpc) is 3.20. The molecule has 2 aliphatic rings. The van der Waals surface area contributed by atoms with Gasteiger partial charge < -0.3 is 15.8 Å². The van der Waals surface area contributed by atoms with Crippen molar-refractivity contribution in [2.45, 2.75) is 44.4 Å². The second-order valence-electron chi connectivity index (χ2n) is 7.26. The Labute approximate surface area is 155 Å². The Balaban J connectivity index is 1.64. The van der Waals surface area contributed by atoms with Crippen LogP contribution in [0.15, 0.2) is 24.3 Å². The highest BCUT2D eigenvalue weighted by molar-refractivity contribution is 5.84. The SMILES string of the molecule is CCOC(=O)[C@@H]1C[C@H]2C[C@@H]1C[C@H]2NC(=O)C(N)c1ccccc1C(F)(F)F. The van der Waals surface area contributed by atoms with Gasteiger partial charge in [-0.15, -0.1) is 0 Å². The summed E-state index contributed by atoms with van der Waals surface area (Å²) in [5, 5.41) is 2.80. The normalized spacial score (nSPS) is 28.0. The van der Waals surface area contributed by atoms with Crippen molar-refractivity contribution in [1.82, 2.24) is 5.32 Å². The van der Waals surface area contributed by atoms with Crippen molar-refractivity contribution < 1.29 is 27.5 Å². The fraction of sp³-hybridized carbons (Fsp3) is 0.579. The zero-order valence-corrected chi connectivity index (χ0v) is 15.0. The third kappa shape index (κ3) is 3.95. The van der Waals surface area contributed by atoms with Crippen LogP contribution in [0.5, 0.6) is 0 Å². The molecule has 0 spiro atoms. The number of nitrogens with two attached hydrogens (primary N) is 1. The maximum Gasteiger partial charge on any atom is 0.416 e. The Kier molecular flexibility index (Phi) is 5.46. The van der Waals surface area contributed by atoms with Gasteiger partial charge in [0.15, 0.2) is 0 Å². The molecule has 1 amide bonds. The number of hydrogen-bond acceptors (Lipinski definition) is 4. The molecular weight excluding hydrogens is 361 g/mol. The first-order valence-electron chi connectivity index (χ1n) is 9.11. The van der Waals surface area contributed by atoms with E-state index >= 15 is 0 Å². The molecule has 27 heavy (non-hydrogen) atoms. The second kappa shape index (κ2) is 7.50. The molecule has 2 fully saturated rings. The lowest BCUT2D eigenvalue weighted by atomic mass is 9.85. The quantitative estimate of drug-likeness (QED) is 0.765. The molecule has 148 valence electrons. The van der Waals surface area contributed by atoms with Gasteiger partial charge in [0.25, 0.3) is 0 Å². The van der Waals surface area contributed by atoms with E-state index < -0.39 is 23.7 Å². The summed E-state index contributed by atoms with van der Waals surface area (Å²) in [7, 11) is 0. The van der Waals surface area contributed by atoms with Gasteiger partial charge in [0.1, 0.15) is 6.04 Å². The molecule has 0 heterocycles. The van der Waals surface area contributed by atoms with Gasteiger partial charge in [-0.25, -0.2) is 0 Å². The Morgan fingerprint density at radius 3 is 2.52 bits per heavy atom. The van der Waals surface area contributed by atoms with Gasteiger partial charge in [-0.1, -0.05) is 18.2 Å². The molecule has 2 saturated carbocycles. The number of fused-ring (bicyclic) bond motifs is 2. The molecule has 1 aromatic rings. The predicted octanol–water partition coefficient (Wildman–Crippen LogP) is 2.80. The highest BCUT2D eigenvalue weighted by Crippen LogP contribution is 2.49. The van der Waals surface area contributed by atoms with E-state index in [1.165, 1.54) is 18.2 Å². The molecular formula is C19H23F3N2O3. The monoisotopic (exact) mass is 384 g/mol. The summed E-state index contributed by atoms with van der Waals surface area (Å²) in [4.78, 5) is 24.4. The molecule has 2 aliphatic carbocycles. The number of carbonyl (C=O) groups is 2. The van der Waals surface area contributed by atoms with Crippen molar-refractivity contribution in [3.63, 3.8) is 0 Å². The molecule has 0 saturated heterocycles. The molecule has 2 bridgehead atoms. The number of carbonyl (C=O) groups excluding carboxylic acids is 2. The number of benzene rings is 1. The van der Waals surface area contributed by atoms with Gasteiger partial charge >= 0.3 is 12.1 Å². The summed E-state index contributed by atoms with van der Waals surface area (Å²) in [6.45, 7) is 2.09. The van der Waals surface area contributed by atoms with Crippen molar-refractivity contribution >= 4 is 11.9 Å². The molecule has 0 aliphatic heterocycles. The maximum absolute atomic E-state index is 13.1. The van der Waals surface area contributed by atoms with Crippen LogP contribution in [0, 0.1) is 17.8 Å². The summed E-state index contributed by atoms with van der Waals surface area (Å²) in [5.74, 6) is -0.721. The number of rotatable bonds is 5. The zero-order valence-electron chi connectivity index (χ0n) is 15.0. The third-order valence-corrected chi connectivity index (χ3v) is 5.66. The van der Waals surface area contributed by atoms with E-state index in [-0.39, 0.29) is 35.3 Å². The summed E-state index contributed by atoms with van der Waals surface area (Å²) >= 11 is 0. The fourth-order valence-electron chi connectivity index (χ4n) is 4.43. The van der Waals surface area contributed by atoms with Crippen LogP contribution in [0.25, 0.3) is 0 Å². The molecule has 8 heteroatoms. The maximum atomic E-state index is 13.1. The highest BCUT2D eigenvalue weighted by atomic mass is 19.4. The number of ether oxygens (including phenoxy) is 1. The minimum absolute atomic E-state index is 0.124. The smallest absolute Gasteiger partial charge is 0.416 e. The molecule has 0 radical (unpaired) electrons. The van der Waals surface area contributed by atoms with E-state index in [2.05, 4.69) is 5.32 Å². The predicted molar refractivity (Wildman–Crippen MR) is 91.3 cm³/mol. The van der Waals surface area contributed by atoms with Crippen LogP contribution >= 0.6 is 0 Å². The van der Waals surface area contributed by atoms with Gasteiger partial charge in [-0.2, -0.15) is 13.2 Å². The van der Waals surface area contributed by atoms with Crippen LogP contribution in [0.2, 0.25) is 0 Å². The van der Waals surface area contributed by atoms with Crippen LogP contribution < -0.4 is 11.1 Å². The number of esters is 1. The Morgan fingerprint density at radius 2 is 1.93 bits per heavy atom. The lowest BCUT2D eigenvalue weighted by Gasteiger charge is -2.28. The molecule has 3 rings (SSSR count). The Bertz CT molecular complexity index is 722. The van der Waals surface area contributed by atoms with Crippen molar-refractivity contribution in [3.05, 3.63) is 35.4 Å². The van der Waals surface area contributed by atoms with E-state index in [9.17, 15) is 22.8 Å². The van der Waals surface area contributed by atoms with Crippen molar-refractivity contribution in [1.29, 1.82) is 0 Å². The van der Waals surface area contributed by atoms with Gasteiger partial charge in [0, 0.05) is 6.04 Å². The lowest BCUT2D eigenvalue weighted by molar-refractivity contribution is -0.150. The van der Waals surface area contributed by atoms with Gasteiger partial charge in [-0.3, -0.25) is 9.59 Å². The summed E-state index contributed by atoms with van der Waals surface area (Å²) < 4.78 is 44.5. The van der Waals surface area contributed by atoms with Gasteiger partial charge in [-0.05, 0) is 49.7 Å². The van der Waals surface area contributed by atoms with Gasteiger partial charge in [0.2, 0.25) is 5.91 Å². The summed E-state index contributed by atoms with van der Waals surface area (Å²) in [6.07, 6.45) is -2.52. The first kappa shape index (κ1) is 19.7. The minimum atomic E-state index is -4.58. The van der Waals surface area contributed by atoms with Crippen LogP contribution in [-0.2, 0) is 20.5 Å². The largest absolute Gasteiger partial charge is 0.466 e. The van der Waals surface area contributed by atoms with Crippen molar-refractivity contribution in [2.75, 3.05) is 6.61 Å². The summed E-state index contributed by atoms with van der Waals surface area (Å²) in [6, 6.07) is 3.27. The molecule has 3 N–H and O–H groups in total. The fourth-order valence-corrected chi connectivity index (χ4v) is 4.43. The molecule has 5 nitrogen and oxygen atoms in total. The van der Waals surface area contributed by atoms with Crippen LogP contribution in [0.3, 0.4) is 0 Å². The Hall–Kier alpha value is -2.09. The van der Waals surface area contributed by atoms with E-state index in [0.717, 1.165) is 12.5 Å². The van der Waals surface area contributed by atoms with Crippen LogP contribution in [0.4, 0.5) is 13.2 Å². The first-order valence-corrected chi connectivity index (χ1v) is 9.11. The molecule has 0 aromatic heterocycles. The highest BCUT2D eigenvalue weighted by Gasteiger charge is 2.49. The van der Waals surface area contributed by atoms with Crippen LogP contribution in [-0.4, -0.2) is 24.5 Å². The van der Waals surface area contributed by atoms with Crippen molar-refractivity contribution in [3.8, 4) is 0 Å². The zero-order chi connectivity index (χ0) is 19.8. The second-order valence-corrected chi connectivity index (χ2v) is 7.26. The van der Waals surface area contributed by atoms with E-state index in [1.807, 2.05) is 0 Å². The van der Waals surface area contributed by atoms with E-state index in [0.29, 0.717) is 19.4 Å². The number of nitrogens with one attached hydrogen (secondary N) is 1. The Morgan fingerprint density at radius 1 is 1.22 bits per heavy atom. The van der Waals surface area contributed by atoms with E-state index in [4.69, 9.17) is 10.5 Å². The van der Waals surface area contributed by atoms with Crippen LogP contribution in [0.1, 0.15) is 43.4 Å². The average molecular weight is 384 g/mol. The first-order chi connectivity index (χ1) is 12.7. The minimum Gasteiger partial charge on any atom is -0.466 e.